The summed E-state index contributed by atoms with van der Waals surface area (Å²) in [6.07, 6.45) is 8.69. The molecule has 0 N–H and O–H groups in total. The van der Waals surface area contributed by atoms with Crippen LogP contribution in [0.2, 0.25) is 0 Å². The average molecular weight is 539 g/mol. The maximum absolute atomic E-state index is 5.38. The zero-order valence-electron chi connectivity index (χ0n) is 22.8. The molecule has 0 saturated heterocycles. The van der Waals surface area contributed by atoms with Crippen molar-refractivity contribution >= 4 is 55.3 Å². The molecule has 0 fully saturated rings. The summed E-state index contributed by atoms with van der Waals surface area (Å²) in [6.45, 7) is 0. The van der Waals surface area contributed by atoms with Gasteiger partial charge in [-0.3, -0.25) is 9.56 Å². The summed E-state index contributed by atoms with van der Waals surface area (Å²) in [4.78, 5) is 10.5. The fourth-order valence-electron chi connectivity index (χ4n) is 6.82. The molecule has 198 valence electrons. The number of para-hydroxylation sites is 3. The zero-order chi connectivity index (χ0) is 27.6. The molecule has 1 aliphatic heterocycles. The van der Waals surface area contributed by atoms with Crippen LogP contribution in [0.4, 0.5) is 0 Å². The Hall–Kier alpha value is -5.48. The van der Waals surface area contributed by atoms with Gasteiger partial charge >= 0.3 is 0 Å². The molecule has 4 heteroatoms. The van der Waals surface area contributed by atoms with Gasteiger partial charge in [0.2, 0.25) is 0 Å². The lowest BCUT2D eigenvalue weighted by Crippen LogP contribution is -2.35. The first-order valence-corrected chi connectivity index (χ1v) is 14.4. The maximum Gasteiger partial charge on any atom is 0.157 e. The highest BCUT2D eigenvalue weighted by Crippen LogP contribution is 2.41. The molecule has 2 aromatic heterocycles. The number of aromatic nitrogens is 2. The molecule has 7 aromatic rings. The van der Waals surface area contributed by atoms with Crippen molar-refractivity contribution < 1.29 is 0 Å². The van der Waals surface area contributed by atoms with E-state index in [1.54, 1.807) is 0 Å². The highest BCUT2D eigenvalue weighted by atomic mass is 15.1. The highest BCUT2D eigenvalue weighted by Gasteiger charge is 2.32. The second kappa shape index (κ2) is 9.02. The van der Waals surface area contributed by atoms with Gasteiger partial charge in [-0.25, -0.2) is 4.99 Å². The standard InChI is InChI=1S/C38H26N4/c1-3-13-25(14-4-1)37-39-32-20-10-7-19-31(32)38(40-37)42-34-22-12-9-18-28(34)30-24-23-29-27-17-8-11-21-33(27)41(35(29)36(30)42)26-15-5-2-6-16-26/h1-24,31-32H. The Morgan fingerprint density at radius 1 is 0.500 bits per heavy atom. The van der Waals surface area contributed by atoms with Gasteiger partial charge in [0.25, 0.3) is 0 Å². The Kier molecular flexibility index (Phi) is 4.99. The van der Waals surface area contributed by atoms with E-state index in [0.717, 1.165) is 28.4 Å². The van der Waals surface area contributed by atoms with Gasteiger partial charge in [0.05, 0.1) is 34.0 Å². The Balaban J connectivity index is 1.47. The molecular weight excluding hydrogens is 512 g/mol. The van der Waals surface area contributed by atoms with Crippen LogP contribution in [0.25, 0.3) is 49.3 Å². The zero-order valence-corrected chi connectivity index (χ0v) is 22.8. The van der Waals surface area contributed by atoms with E-state index in [-0.39, 0.29) is 12.0 Å². The van der Waals surface area contributed by atoms with Crippen molar-refractivity contribution in [2.45, 2.75) is 6.04 Å². The molecule has 0 spiro atoms. The second-order valence-corrected chi connectivity index (χ2v) is 11.0. The Morgan fingerprint density at radius 3 is 1.79 bits per heavy atom. The number of rotatable bonds is 2. The highest BCUT2D eigenvalue weighted by molar-refractivity contribution is 6.27. The predicted octanol–water partition coefficient (Wildman–Crippen LogP) is 8.71. The van der Waals surface area contributed by atoms with Crippen molar-refractivity contribution in [3.8, 4) is 5.69 Å². The number of hydrogen-bond acceptors (Lipinski definition) is 2. The Labute approximate surface area is 242 Å². The molecule has 2 aliphatic rings. The van der Waals surface area contributed by atoms with E-state index >= 15 is 0 Å². The summed E-state index contributed by atoms with van der Waals surface area (Å²) >= 11 is 0. The van der Waals surface area contributed by atoms with E-state index < -0.39 is 0 Å². The first kappa shape index (κ1) is 23.2. The van der Waals surface area contributed by atoms with Crippen molar-refractivity contribution in [3.05, 3.63) is 151 Å². The smallest absolute Gasteiger partial charge is 0.157 e. The van der Waals surface area contributed by atoms with Gasteiger partial charge in [-0.1, -0.05) is 121 Å². The molecule has 2 unspecified atom stereocenters. The van der Waals surface area contributed by atoms with E-state index in [2.05, 4.69) is 149 Å². The average Bonchev–Trinajstić information content (AvgIpc) is 3.58. The van der Waals surface area contributed by atoms with Crippen LogP contribution in [0.5, 0.6) is 0 Å². The minimum Gasteiger partial charge on any atom is -0.307 e. The number of allylic oxidation sites excluding steroid dienone is 2. The first-order chi connectivity index (χ1) is 20.9. The van der Waals surface area contributed by atoms with E-state index in [4.69, 9.17) is 9.98 Å². The lowest BCUT2D eigenvalue weighted by molar-refractivity contribution is 0.693. The fourth-order valence-corrected chi connectivity index (χ4v) is 6.82. The molecule has 0 bridgehead atoms. The van der Waals surface area contributed by atoms with Crippen LogP contribution in [0.1, 0.15) is 5.56 Å². The predicted molar refractivity (Wildman–Crippen MR) is 175 cm³/mol. The summed E-state index contributed by atoms with van der Waals surface area (Å²) in [5, 5.41) is 4.91. The molecule has 5 aromatic carbocycles. The molecule has 4 nitrogen and oxygen atoms in total. The van der Waals surface area contributed by atoms with E-state index in [1.165, 1.54) is 38.1 Å². The Morgan fingerprint density at radius 2 is 1.07 bits per heavy atom. The summed E-state index contributed by atoms with van der Waals surface area (Å²) in [7, 11) is 0. The van der Waals surface area contributed by atoms with Gasteiger partial charge < -0.3 is 4.57 Å². The number of benzene rings is 5. The van der Waals surface area contributed by atoms with Gasteiger partial charge in [0.15, 0.2) is 5.84 Å². The van der Waals surface area contributed by atoms with Crippen molar-refractivity contribution in [1.29, 1.82) is 0 Å². The van der Waals surface area contributed by atoms with Gasteiger partial charge in [-0.15, -0.1) is 0 Å². The van der Waals surface area contributed by atoms with Crippen LogP contribution < -0.4 is 0 Å². The minimum atomic E-state index is -0.0203. The van der Waals surface area contributed by atoms with Crippen LogP contribution in [-0.4, -0.2) is 26.8 Å². The van der Waals surface area contributed by atoms with Crippen molar-refractivity contribution in [2.24, 2.45) is 15.9 Å². The second-order valence-electron chi connectivity index (χ2n) is 11.0. The summed E-state index contributed by atoms with van der Waals surface area (Å²) < 4.78 is 4.84. The van der Waals surface area contributed by atoms with Gasteiger partial charge in [-0.05, 0) is 24.3 Å². The van der Waals surface area contributed by atoms with Crippen LogP contribution in [0.3, 0.4) is 0 Å². The van der Waals surface area contributed by atoms with Crippen molar-refractivity contribution in [3.63, 3.8) is 0 Å². The quantitative estimate of drug-likeness (QED) is 0.211. The van der Waals surface area contributed by atoms with Crippen molar-refractivity contribution in [1.82, 2.24) is 9.13 Å². The van der Waals surface area contributed by atoms with Crippen molar-refractivity contribution in [2.75, 3.05) is 0 Å². The topological polar surface area (TPSA) is 34.6 Å². The van der Waals surface area contributed by atoms with Crippen LogP contribution in [-0.2, 0) is 0 Å². The number of nitrogens with zero attached hydrogens (tertiary/aromatic N) is 4. The minimum absolute atomic E-state index is 0.0197. The molecule has 3 heterocycles. The number of fused-ring (bicyclic) bond motifs is 8. The third-order valence-corrected chi connectivity index (χ3v) is 8.64. The molecular formula is C38H26N4. The van der Waals surface area contributed by atoms with Crippen LogP contribution >= 0.6 is 0 Å². The molecule has 0 radical (unpaired) electrons. The molecule has 1 aliphatic carbocycles. The van der Waals surface area contributed by atoms with Gasteiger partial charge in [-0.2, -0.15) is 0 Å². The third-order valence-electron chi connectivity index (χ3n) is 8.64. The molecule has 2 atom stereocenters. The summed E-state index contributed by atoms with van der Waals surface area (Å²) in [5.41, 5.74) is 6.88. The van der Waals surface area contributed by atoms with Gasteiger partial charge in [0, 0.05) is 32.8 Å². The lowest BCUT2D eigenvalue weighted by atomic mass is 9.92. The molecule has 42 heavy (non-hydrogen) atoms. The summed E-state index contributed by atoms with van der Waals surface area (Å²) in [5.74, 6) is 1.79. The SMILES string of the molecule is C1=CC2N=C(c3ccccc3)N=C(n3c4ccccc4c4ccc5c6ccccc6n(-c6ccccc6)c5c43)C2C=C1. The summed E-state index contributed by atoms with van der Waals surface area (Å²) in [6, 6.07) is 43.1. The Bertz CT molecular complexity index is 2300. The number of hydrogen-bond donors (Lipinski definition) is 0. The lowest BCUT2D eigenvalue weighted by Gasteiger charge is -2.29. The largest absolute Gasteiger partial charge is 0.307 e. The van der Waals surface area contributed by atoms with Gasteiger partial charge in [0.1, 0.15) is 5.84 Å². The molecule has 9 rings (SSSR count). The van der Waals surface area contributed by atoms with E-state index in [9.17, 15) is 0 Å². The van der Waals surface area contributed by atoms with Crippen LogP contribution in [0, 0.1) is 5.92 Å². The maximum atomic E-state index is 5.38. The number of amidine groups is 1. The molecule has 0 saturated carbocycles. The fraction of sp³-hybridized carbons (Fsp3) is 0.0526. The van der Waals surface area contributed by atoms with E-state index in [1.807, 2.05) is 6.07 Å². The number of aliphatic imine (C=N–C) groups is 2. The van der Waals surface area contributed by atoms with Crippen LogP contribution in [0.15, 0.2) is 156 Å². The third kappa shape index (κ3) is 3.29. The molecule has 0 amide bonds. The monoisotopic (exact) mass is 538 g/mol. The van der Waals surface area contributed by atoms with E-state index in [0.29, 0.717) is 0 Å². The normalized spacial score (nSPS) is 18.1. The first-order valence-electron chi connectivity index (χ1n) is 14.4.